The molecule has 0 atom stereocenters. The van der Waals surface area contributed by atoms with Crippen molar-refractivity contribution in [1.29, 1.82) is 0 Å². The van der Waals surface area contributed by atoms with Crippen LogP contribution in [-0.2, 0) is 4.79 Å². The van der Waals surface area contributed by atoms with E-state index in [4.69, 9.17) is 0 Å². The van der Waals surface area contributed by atoms with Crippen LogP contribution in [0, 0.1) is 24.0 Å². The molecule has 0 aliphatic rings. The van der Waals surface area contributed by atoms with Crippen LogP contribution in [0.5, 0.6) is 0 Å². The highest BCUT2D eigenvalue weighted by atomic mass is 16.6. The van der Waals surface area contributed by atoms with Crippen LogP contribution in [0.25, 0.3) is 0 Å². The maximum atomic E-state index is 12.0. The molecule has 0 aliphatic heterocycles. The van der Waals surface area contributed by atoms with Crippen LogP contribution in [-0.4, -0.2) is 17.4 Å². The normalized spacial score (nSPS) is 10.2. The number of hydrogen-bond donors (Lipinski definition) is 2. The van der Waals surface area contributed by atoms with Gasteiger partial charge in [0.05, 0.1) is 4.92 Å². The Bertz CT molecular complexity index is 729. The van der Waals surface area contributed by atoms with E-state index in [0.29, 0.717) is 12.2 Å². The molecule has 0 spiro atoms. The van der Waals surface area contributed by atoms with Crippen molar-refractivity contribution in [2.75, 3.05) is 17.2 Å². The Kier molecular flexibility index (Phi) is 5.30. The number of nitro benzene ring substituents is 1. The Labute approximate surface area is 134 Å². The molecule has 2 N–H and O–H groups in total. The van der Waals surface area contributed by atoms with Crippen LogP contribution in [0.3, 0.4) is 0 Å². The second kappa shape index (κ2) is 7.40. The summed E-state index contributed by atoms with van der Waals surface area (Å²) in [7, 11) is 0. The molecule has 0 saturated heterocycles. The summed E-state index contributed by atoms with van der Waals surface area (Å²) in [4.78, 5) is 22.5. The minimum Gasteiger partial charge on any atom is -0.379 e. The van der Waals surface area contributed by atoms with Gasteiger partial charge in [-0.15, -0.1) is 0 Å². The summed E-state index contributed by atoms with van der Waals surface area (Å²) < 4.78 is 0. The van der Waals surface area contributed by atoms with Crippen LogP contribution in [0.15, 0.2) is 42.5 Å². The van der Waals surface area contributed by atoms with Crippen molar-refractivity contribution in [2.45, 2.75) is 20.3 Å². The van der Waals surface area contributed by atoms with Crippen LogP contribution in [0.2, 0.25) is 0 Å². The molecule has 0 saturated carbocycles. The summed E-state index contributed by atoms with van der Waals surface area (Å²) in [6.07, 6.45) is 0.222. The van der Waals surface area contributed by atoms with E-state index in [2.05, 4.69) is 10.6 Å². The fraction of sp³-hybridized carbons (Fsp3) is 0.235. The number of carbonyl (C=O) groups is 1. The third-order valence-corrected chi connectivity index (χ3v) is 3.65. The molecule has 6 heteroatoms. The van der Waals surface area contributed by atoms with Gasteiger partial charge in [0.1, 0.15) is 5.69 Å². The van der Waals surface area contributed by atoms with Gasteiger partial charge in [-0.3, -0.25) is 14.9 Å². The second-order valence-corrected chi connectivity index (χ2v) is 5.25. The van der Waals surface area contributed by atoms with E-state index in [0.717, 1.165) is 16.8 Å². The largest absolute Gasteiger partial charge is 0.379 e. The number of nitrogens with zero attached hydrogens (tertiary/aromatic N) is 1. The molecule has 0 unspecified atom stereocenters. The van der Waals surface area contributed by atoms with Crippen molar-refractivity contribution in [3.63, 3.8) is 0 Å². The van der Waals surface area contributed by atoms with Crippen molar-refractivity contribution in [3.05, 3.63) is 63.7 Å². The molecule has 2 rings (SSSR count). The number of nitro groups is 1. The Morgan fingerprint density at radius 3 is 2.52 bits per heavy atom. The van der Waals surface area contributed by atoms with Gasteiger partial charge in [0.25, 0.3) is 5.69 Å². The lowest BCUT2D eigenvalue weighted by molar-refractivity contribution is -0.384. The minimum atomic E-state index is -0.446. The molecule has 2 aromatic rings. The Morgan fingerprint density at radius 1 is 1.09 bits per heavy atom. The lowest BCUT2D eigenvalue weighted by atomic mass is 10.1. The first-order valence-corrected chi connectivity index (χ1v) is 7.32. The predicted molar refractivity (Wildman–Crippen MR) is 90.7 cm³/mol. The van der Waals surface area contributed by atoms with Crippen molar-refractivity contribution in [1.82, 2.24) is 0 Å². The summed E-state index contributed by atoms with van der Waals surface area (Å²) in [5, 5.41) is 16.7. The van der Waals surface area contributed by atoms with Crippen molar-refractivity contribution in [2.24, 2.45) is 0 Å². The smallest absolute Gasteiger partial charge is 0.292 e. The number of rotatable bonds is 6. The van der Waals surface area contributed by atoms with E-state index in [1.165, 1.54) is 6.07 Å². The Morgan fingerprint density at radius 2 is 1.78 bits per heavy atom. The van der Waals surface area contributed by atoms with E-state index < -0.39 is 4.92 Å². The molecule has 6 nitrogen and oxygen atoms in total. The quantitative estimate of drug-likeness (QED) is 0.629. The zero-order valence-corrected chi connectivity index (χ0v) is 13.1. The number of carbonyl (C=O) groups excluding carboxylic acids is 1. The van der Waals surface area contributed by atoms with E-state index in [9.17, 15) is 14.9 Å². The van der Waals surface area contributed by atoms with E-state index in [1.54, 1.807) is 18.2 Å². The van der Waals surface area contributed by atoms with Gasteiger partial charge >= 0.3 is 0 Å². The third kappa shape index (κ3) is 4.29. The summed E-state index contributed by atoms with van der Waals surface area (Å²) in [5.41, 5.74) is 3.36. The highest BCUT2D eigenvalue weighted by Gasteiger charge is 2.12. The average Bonchev–Trinajstić information content (AvgIpc) is 2.52. The highest BCUT2D eigenvalue weighted by molar-refractivity contribution is 5.92. The third-order valence-electron chi connectivity index (χ3n) is 3.65. The van der Waals surface area contributed by atoms with E-state index in [-0.39, 0.29) is 18.0 Å². The summed E-state index contributed by atoms with van der Waals surface area (Å²) in [6.45, 7) is 4.26. The van der Waals surface area contributed by atoms with Gasteiger partial charge in [0, 0.05) is 24.7 Å². The first-order chi connectivity index (χ1) is 11.0. The molecule has 1 amide bonds. The summed E-state index contributed by atoms with van der Waals surface area (Å²) in [5.74, 6) is -0.134. The molecular weight excluding hydrogens is 294 g/mol. The topological polar surface area (TPSA) is 84.3 Å². The van der Waals surface area contributed by atoms with Crippen LogP contribution in [0.1, 0.15) is 17.5 Å². The van der Waals surface area contributed by atoms with Crippen molar-refractivity contribution < 1.29 is 9.72 Å². The molecular formula is C17H19N3O3. The zero-order valence-electron chi connectivity index (χ0n) is 13.1. The summed E-state index contributed by atoms with van der Waals surface area (Å²) >= 11 is 0. The number of anilines is 2. The molecule has 0 aliphatic carbocycles. The van der Waals surface area contributed by atoms with Crippen molar-refractivity contribution in [3.8, 4) is 0 Å². The lowest BCUT2D eigenvalue weighted by Crippen LogP contribution is -2.17. The molecule has 0 fully saturated rings. The lowest BCUT2D eigenvalue weighted by Gasteiger charge is -2.11. The maximum absolute atomic E-state index is 12.0. The average molecular weight is 313 g/mol. The SMILES string of the molecule is Cc1cccc(NC(=O)CCNc2ccccc2[N+](=O)[O-])c1C. The fourth-order valence-corrected chi connectivity index (χ4v) is 2.19. The van der Waals surface area contributed by atoms with Crippen LogP contribution < -0.4 is 10.6 Å². The van der Waals surface area contributed by atoms with Gasteiger partial charge < -0.3 is 10.6 Å². The number of para-hydroxylation sites is 2. The Balaban J connectivity index is 1.91. The molecule has 0 aromatic heterocycles. The number of amides is 1. The molecule has 0 heterocycles. The second-order valence-electron chi connectivity index (χ2n) is 5.25. The molecule has 120 valence electrons. The van der Waals surface area contributed by atoms with E-state index in [1.807, 2.05) is 32.0 Å². The van der Waals surface area contributed by atoms with Gasteiger partial charge in [0.15, 0.2) is 0 Å². The number of aryl methyl sites for hydroxylation is 1. The first-order valence-electron chi connectivity index (χ1n) is 7.32. The molecule has 23 heavy (non-hydrogen) atoms. The zero-order chi connectivity index (χ0) is 16.8. The van der Waals surface area contributed by atoms with Gasteiger partial charge in [0.2, 0.25) is 5.91 Å². The van der Waals surface area contributed by atoms with Gasteiger partial charge in [-0.05, 0) is 37.1 Å². The number of hydrogen-bond acceptors (Lipinski definition) is 4. The maximum Gasteiger partial charge on any atom is 0.292 e. The number of nitrogens with one attached hydrogen (secondary N) is 2. The highest BCUT2D eigenvalue weighted by Crippen LogP contribution is 2.23. The standard InChI is InChI=1S/C17H19N3O3/c1-12-6-5-8-14(13(12)2)19-17(21)10-11-18-15-7-3-4-9-16(15)20(22)23/h3-9,18H,10-11H2,1-2H3,(H,19,21). The predicted octanol–water partition coefficient (Wildman–Crippen LogP) is 3.65. The Hall–Kier alpha value is -2.89. The van der Waals surface area contributed by atoms with Crippen LogP contribution in [0.4, 0.5) is 17.1 Å². The van der Waals surface area contributed by atoms with Crippen molar-refractivity contribution >= 4 is 23.0 Å². The fourth-order valence-electron chi connectivity index (χ4n) is 2.19. The molecule has 0 radical (unpaired) electrons. The van der Waals surface area contributed by atoms with Gasteiger partial charge in [-0.2, -0.15) is 0 Å². The first kappa shape index (κ1) is 16.5. The van der Waals surface area contributed by atoms with E-state index >= 15 is 0 Å². The molecule has 0 bridgehead atoms. The minimum absolute atomic E-state index is 0.00226. The molecule has 2 aromatic carbocycles. The van der Waals surface area contributed by atoms with Gasteiger partial charge in [-0.1, -0.05) is 24.3 Å². The van der Waals surface area contributed by atoms with Gasteiger partial charge in [-0.25, -0.2) is 0 Å². The summed E-state index contributed by atoms with van der Waals surface area (Å²) in [6, 6.07) is 12.1. The van der Waals surface area contributed by atoms with Crippen LogP contribution >= 0.6 is 0 Å². The number of benzene rings is 2. The monoisotopic (exact) mass is 313 g/mol.